The average molecular weight is 433 g/mol. The SMILES string of the molecule is Cc1cc(F)c(NC(=O)C2(c3ccc4c(c3)OCO4)CC2)cc1-c1cccc(C(=O)O)c1. The number of benzene rings is 3. The fraction of sp³-hybridized carbons (Fsp3) is 0.200. The molecule has 162 valence electrons. The van der Waals surface area contributed by atoms with Crippen molar-refractivity contribution in [1.82, 2.24) is 0 Å². The van der Waals surface area contributed by atoms with Gasteiger partial charge in [0, 0.05) is 0 Å². The fourth-order valence-corrected chi connectivity index (χ4v) is 4.11. The van der Waals surface area contributed by atoms with Crippen molar-refractivity contribution < 1.29 is 28.6 Å². The van der Waals surface area contributed by atoms with Crippen molar-refractivity contribution in [2.24, 2.45) is 0 Å². The molecule has 0 bridgehead atoms. The molecule has 1 heterocycles. The second-order valence-electron chi connectivity index (χ2n) is 8.14. The number of carbonyl (C=O) groups excluding carboxylic acids is 1. The lowest BCUT2D eigenvalue weighted by Crippen LogP contribution is -2.28. The Bertz CT molecular complexity index is 1270. The number of anilines is 1. The van der Waals surface area contributed by atoms with Crippen molar-refractivity contribution in [3.05, 3.63) is 77.1 Å². The van der Waals surface area contributed by atoms with Crippen molar-refractivity contribution in [1.29, 1.82) is 0 Å². The van der Waals surface area contributed by atoms with Crippen LogP contribution in [0.2, 0.25) is 0 Å². The predicted octanol–water partition coefficient (Wildman–Crippen LogP) is 4.90. The summed E-state index contributed by atoms with van der Waals surface area (Å²) in [6.07, 6.45) is 1.30. The molecule has 7 heteroatoms. The number of nitrogens with one attached hydrogen (secondary N) is 1. The van der Waals surface area contributed by atoms with Crippen LogP contribution >= 0.6 is 0 Å². The van der Waals surface area contributed by atoms with Gasteiger partial charge >= 0.3 is 5.97 Å². The molecule has 2 N–H and O–H groups in total. The maximum atomic E-state index is 14.8. The van der Waals surface area contributed by atoms with E-state index in [1.165, 1.54) is 18.2 Å². The van der Waals surface area contributed by atoms with Crippen LogP contribution in [0.3, 0.4) is 0 Å². The van der Waals surface area contributed by atoms with E-state index in [2.05, 4.69) is 5.32 Å². The van der Waals surface area contributed by atoms with Crippen LogP contribution in [-0.2, 0) is 10.2 Å². The van der Waals surface area contributed by atoms with Crippen LogP contribution in [0, 0.1) is 12.7 Å². The molecule has 0 unspecified atom stereocenters. The van der Waals surface area contributed by atoms with Crippen LogP contribution in [0.25, 0.3) is 11.1 Å². The minimum atomic E-state index is -1.04. The Kier molecular flexibility index (Phi) is 4.62. The molecule has 1 amide bonds. The molecule has 5 rings (SSSR count). The number of aryl methyl sites for hydroxylation is 1. The smallest absolute Gasteiger partial charge is 0.335 e. The molecule has 0 radical (unpaired) electrons. The Labute approximate surface area is 183 Å². The molecule has 0 saturated heterocycles. The summed E-state index contributed by atoms with van der Waals surface area (Å²) in [5.74, 6) is -0.633. The van der Waals surface area contributed by atoms with E-state index in [1.54, 1.807) is 31.2 Å². The number of rotatable bonds is 5. The lowest BCUT2D eigenvalue weighted by molar-refractivity contribution is -0.118. The van der Waals surface area contributed by atoms with Crippen LogP contribution in [0.5, 0.6) is 11.5 Å². The van der Waals surface area contributed by atoms with Crippen molar-refractivity contribution in [3.8, 4) is 22.6 Å². The van der Waals surface area contributed by atoms with Crippen LogP contribution in [-0.4, -0.2) is 23.8 Å². The van der Waals surface area contributed by atoms with Crippen molar-refractivity contribution in [2.75, 3.05) is 12.1 Å². The van der Waals surface area contributed by atoms with Crippen LogP contribution in [0.1, 0.15) is 34.3 Å². The fourth-order valence-electron chi connectivity index (χ4n) is 4.11. The number of carbonyl (C=O) groups is 2. The van der Waals surface area contributed by atoms with Crippen molar-refractivity contribution in [2.45, 2.75) is 25.2 Å². The molecule has 32 heavy (non-hydrogen) atoms. The first kappa shape index (κ1) is 20.1. The van der Waals surface area contributed by atoms with E-state index in [4.69, 9.17) is 9.47 Å². The van der Waals surface area contributed by atoms with Gasteiger partial charge in [-0.05, 0) is 78.4 Å². The zero-order valence-corrected chi connectivity index (χ0v) is 17.3. The van der Waals surface area contributed by atoms with E-state index in [-0.39, 0.29) is 24.0 Å². The Balaban J connectivity index is 1.46. The summed E-state index contributed by atoms with van der Waals surface area (Å²) in [5.41, 5.74) is 2.19. The molecule has 0 atom stereocenters. The van der Waals surface area contributed by atoms with Gasteiger partial charge in [0.1, 0.15) is 5.82 Å². The summed E-state index contributed by atoms with van der Waals surface area (Å²) in [6, 6.07) is 14.8. The van der Waals surface area contributed by atoms with E-state index in [0.717, 1.165) is 5.56 Å². The number of carboxylic acid groups (broad SMARTS) is 1. The van der Waals surface area contributed by atoms with Gasteiger partial charge in [0.2, 0.25) is 12.7 Å². The highest BCUT2D eigenvalue weighted by molar-refractivity contribution is 6.02. The van der Waals surface area contributed by atoms with E-state index < -0.39 is 17.2 Å². The summed E-state index contributed by atoms with van der Waals surface area (Å²) in [5, 5.41) is 12.0. The van der Waals surface area contributed by atoms with Crippen molar-refractivity contribution >= 4 is 17.6 Å². The highest BCUT2D eigenvalue weighted by Crippen LogP contribution is 2.51. The number of halogens is 1. The summed E-state index contributed by atoms with van der Waals surface area (Å²) in [6.45, 7) is 1.89. The van der Waals surface area contributed by atoms with Crippen LogP contribution in [0.4, 0.5) is 10.1 Å². The van der Waals surface area contributed by atoms with Gasteiger partial charge in [0.25, 0.3) is 0 Å². The first-order valence-corrected chi connectivity index (χ1v) is 10.2. The number of fused-ring (bicyclic) bond motifs is 1. The molecule has 0 aromatic heterocycles. The molecule has 2 aliphatic rings. The van der Waals surface area contributed by atoms with Gasteiger partial charge in [-0.2, -0.15) is 0 Å². The maximum Gasteiger partial charge on any atom is 0.335 e. The van der Waals surface area contributed by atoms with Crippen molar-refractivity contribution in [3.63, 3.8) is 0 Å². The number of hydrogen-bond acceptors (Lipinski definition) is 4. The first-order chi connectivity index (χ1) is 15.4. The van der Waals surface area contributed by atoms with Gasteiger partial charge in [-0.1, -0.05) is 18.2 Å². The highest BCUT2D eigenvalue weighted by atomic mass is 19.1. The zero-order valence-electron chi connectivity index (χ0n) is 17.3. The third-order valence-corrected chi connectivity index (χ3v) is 6.09. The van der Waals surface area contributed by atoms with Crippen LogP contribution < -0.4 is 14.8 Å². The summed E-state index contributed by atoms with van der Waals surface area (Å²) in [4.78, 5) is 24.5. The van der Waals surface area contributed by atoms with Gasteiger partial charge in [0.15, 0.2) is 11.5 Å². The molecular formula is C25H20FNO5. The quantitative estimate of drug-likeness (QED) is 0.598. The Hall–Kier alpha value is -3.87. The van der Waals surface area contributed by atoms with Gasteiger partial charge in [-0.3, -0.25) is 4.79 Å². The monoisotopic (exact) mass is 433 g/mol. The summed E-state index contributed by atoms with van der Waals surface area (Å²) >= 11 is 0. The predicted molar refractivity (Wildman–Crippen MR) is 116 cm³/mol. The molecule has 0 spiro atoms. The molecule has 1 aliphatic carbocycles. The molecule has 6 nitrogen and oxygen atoms in total. The van der Waals surface area contributed by atoms with E-state index in [1.807, 2.05) is 12.1 Å². The molecule has 3 aromatic carbocycles. The topological polar surface area (TPSA) is 84.9 Å². The lowest BCUT2D eigenvalue weighted by Gasteiger charge is -2.18. The number of hydrogen-bond donors (Lipinski definition) is 2. The largest absolute Gasteiger partial charge is 0.478 e. The zero-order chi connectivity index (χ0) is 22.5. The molecule has 1 aliphatic heterocycles. The number of amides is 1. The van der Waals surface area contributed by atoms with Gasteiger partial charge < -0.3 is 19.9 Å². The molecule has 1 saturated carbocycles. The number of ether oxygens (including phenoxy) is 2. The Morgan fingerprint density at radius 1 is 1.03 bits per heavy atom. The van der Waals surface area contributed by atoms with Gasteiger partial charge in [-0.25, -0.2) is 9.18 Å². The third-order valence-electron chi connectivity index (χ3n) is 6.09. The minimum absolute atomic E-state index is 0.0587. The maximum absolute atomic E-state index is 14.8. The number of aromatic carboxylic acids is 1. The standard InChI is InChI=1S/C25H20FNO5/c1-14-9-19(26)20(12-18(14)15-3-2-4-16(10-15)23(28)29)27-24(30)25(7-8-25)17-5-6-21-22(11-17)32-13-31-21/h2-6,9-12H,7-8,13H2,1H3,(H,27,30)(H,28,29). The average Bonchev–Trinajstić information content (AvgIpc) is 3.46. The van der Waals surface area contributed by atoms with Gasteiger partial charge in [0.05, 0.1) is 16.7 Å². The highest BCUT2D eigenvalue weighted by Gasteiger charge is 2.51. The normalized spacial score (nSPS) is 15.3. The molecule has 1 fully saturated rings. The van der Waals surface area contributed by atoms with Gasteiger partial charge in [-0.15, -0.1) is 0 Å². The van der Waals surface area contributed by atoms with E-state index in [9.17, 15) is 19.1 Å². The second-order valence-corrected chi connectivity index (χ2v) is 8.14. The number of carboxylic acids is 1. The summed E-state index contributed by atoms with van der Waals surface area (Å²) in [7, 11) is 0. The van der Waals surface area contributed by atoms with E-state index >= 15 is 0 Å². The minimum Gasteiger partial charge on any atom is -0.478 e. The second kappa shape index (κ2) is 7.37. The summed E-state index contributed by atoms with van der Waals surface area (Å²) < 4.78 is 25.5. The first-order valence-electron chi connectivity index (χ1n) is 10.2. The lowest BCUT2D eigenvalue weighted by atomic mass is 9.94. The Morgan fingerprint density at radius 3 is 2.56 bits per heavy atom. The van der Waals surface area contributed by atoms with Crippen LogP contribution in [0.15, 0.2) is 54.6 Å². The third kappa shape index (κ3) is 3.36. The Morgan fingerprint density at radius 2 is 1.81 bits per heavy atom. The molecular weight excluding hydrogens is 413 g/mol. The molecule has 3 aromatic rings. The van der Waals surface area contributed by atoms with E-state index in [0.29, 0.717) is 41.0 Å².